The van der Waals surface area contributed by atoms with Crippen LogP contribution < -0.4 is 10.1 Å². The monoisotopic (exact) mass is 327 g/mol. The van der Waals surface area contributed by atoms with Crippen molar-refractivity contribution in [2.24, 2.45) is 0 Å². The lowest BCUT2D eigenvalue weighted by Gasteiger charge is -2.22. The first-order chi connectivity index (χ1) is 11.5. The van der Waals surface area contributed by atoms with Gasteiger partial charge in [0.2, 0.25) is 0 Å². The van der Waals surface area contributed by atoms with Crippen LogP contribution >= 0.6 is 0 Å². The van der Waals surface area contributed by atoms with E-state index in [2.05, 4.69) is 10.3 Å². The maximum atomic E-state index is 12.7. The lowest BCUT2D eigenvalue weighted by atomic mass is 9.92. The Kier molecular flexibility index (Phi) is 3.84. The molecule has 1 atom stereocenters. The number of ether oxygens (including phenoxy) is 1. The van der Waals surface area contributed by atoms with Crippen molar-refractivity contribution in [3.05, 3.63) is 53.9 Å². The number of aromatic amines is 1. The van der Waals surface area contributed by atoms with Gasteiger partial charge in [0.15, 0.2) is 5.78 Å². The van der Waals surface area contributed by atoms with E-state index in [1.54, 1.807) is 56.6 Å². The van der Waals surface area contributed by atoms with E-state index in [0.717, 1.165) is 4.90 Å². The zero-order chi connectivity index (χ0) is 17.3. The Morgan fingerprint density at radius 3 is 2.50 bits per heavy atom. The molecule has 1 aromatic heterocycles. The van der Waals surface area contributed by atoms with Crippen molar-refractivity contribution < 1.29 is 19.1 Å². The zero-order valence-electron chi connectivity index (χ0n) is 13.3. The Balaban J connectivity index is 1.83. The number of rotatable bonds is 5. The molecular formula is C17H17N3O4. The minimum absolute atomic E-state index is 0.309. The van der Waals surface area contributed by atoms with Gasteiger partial charge in [-0.1, -0.05) is 12.1 Å². The molecule has 3 amide bonds. The normalized spacial score (nSPS) is 20.2. The summed E-state index contributed by atoms with van der Waals surface area (Å²) in [6, 6.07) is 9.56. The highest BCUT2D eigenvalue weighted by Gasteiger charge is 2.49. The van der Waals surface area contributed by atoms with Crippen molar-refractivity contribution in [2.75, 3.05) is 13.7 Å². The molecule has 1 fully saturated rings. The van der Waals surface area contributed by atoms with Crippen LogP contribution in [-0.2, 0) is 10.3 Å². The predicted molar refractivity (Wildman–Crippen MR) is 85.7 cm³/mol. The average Bonchev–Trinajstić information content (AvgIpc) is 3.19. The number of nitrogens with zero attached hydrogens (tertiary/aromatic N) is 1. The van der Waals surface area contributed by atoms with Crippen molar-refractivity contribution >= 4 is 17.7 Å². The minimum Gasteiger partial charge on any atom is -0.497 e. The highest BCUT2D eigenvalue weighted by atomic mass is 16.5. The summed E-state index contributed by atoms with van der Waals surface area (Å²) in [5, 5.41) is 2.67. The number of methoxy groups -OCH3 is 1. The maximum Gasteiger partial charge on any atom is 0.325 e. The van der Waals surface area contributed by atoms with E-state index in [9.17, 15) is 14.4 Å². The molecule has 1 saturated heterocycles. The number of hydrogen-bond acceptors (Lipinski definition) is 4. The van der Waals surface area contributed by atoms with Gasteiger partial charge in [-0.2, -0.15) is 0 Å². The Labute approximate surface area is 138 Å². The second kappa shape index (κ2) is 5.84. The summed E-state index contributed by atoms with van der Waals surface area (Å²) in [6.07, 6.45) is 1.61. The summed E-state index contributed by atoms with van der Waals surface area (Å²) in [7, 11) is 1.55. The largest absolute Gasteiger partial charge is 0.497 e. The molecule has 124 valence electrons. The third-order valence-electron chi connectivity index (χ3n) is 4.14. The maximum absolute atomic E-state index is 12.7. The van der Waals surface area contributed by atoms with Crippen LogP contribution in [-0.4, -0.2) is 41.3 Å². The van der Waals surface area contributed by atoms with Crippen LogP contribution in [0.5, 0.6) is 5.75 Å². The van der Waals surface area contributed by atoms with Gasteiger partial charge in [0.1, 0.15) is 11.3 Å². The van der Waals surface area contributed by atoms with Crippen LogP contribution in [0.25, 0.3) is 0 Å². The van der Waals surface area contributed by atoms with Crippen LogP contribution in [0.1, 0.15) is 23.0 Å². The van der Waals surface area contributed by atoms with E-state index < -0.39 is 17.5 Å². The van der Waals surface area contributed by atoms with E-state index in [0.29, 0.717) is 17.0 Å². The fourth-order valence-corrected chi connectivity index (χ4v) is 2.69. The molecule has 0 saturated carbocycles. The van der Waals surface area contributed by atoms with Crippen LogP contribution in [0, 0.1) is 0 Å². The standard InChI is InChI=1S/C17H17N3O4/c1-17(11-5-7-12(24-2)8-6-11)15(22)20(16(23)19-17)10-14(21)13-4-3-9-18-13/h3-9,18H,10H2,1-2H3,(H,19,23)/t17-/m1/s1. The summed E-state index contributed by atoms with van der Waals surface area (Å²) in [5.74, 6) is -0.141. The third kappa shape index (κ3) is 2.54. The fraction of sp³-hybridized carbons (Fsp3) is 0.235. The number of benzene rings is 1. The first kappa shape index (κ1) is 15.8. The highest BCUT2D eigenvalue weighted by molar-refractivity contribution is 6.10. The van der Waals surface area contributed by atoms with E-state index in [1.165, 1.54) is 0 Å². The lowest BCUT2D eigenvalue weighted by molar-refractivity contribution is -0.130. The Bertz CT molecular complexity index is 783. The summed E-state index contributed by atoms with van der Waals surface area (Å²) in [6.45, 7) is 1.31. The van der Waals surface area contributed by atoms with Crippen molar-refractivity contribution in [1.82, 2.24) is 15.2 Å². The minimum atomic E-state index is -1.21. The number of imide groups is 1. The van der Waals surface area contributed by atoms with Crippen molar-refractivity contribution in [1.29, 1.82) is 0 Å². The number of urea groups is 1. The molecule has 1 aliphatic rings. The summed E-state index contributed by atoms with van der Waals surface area (Å²) in [5.41, 5.74) is -0.232. The number of H-pyrrole nitrogens is 1. The molecule has 24 heavy (non-hydrogen) atoms. The molecular weight excluding hydrogens is 310 g/mol. The second-order valence-electron chi connectivity index (χ2n) is 5.68. The molecule has 3 rings (SSSR count). The molecule has 0 bridgehead atoms. The molecule has 1 aromatic carbocycles. The first-order valence-electron chi connectivity index (χ1n) is 7.41. The summed E-state index contributed by atoms with van der Waals surface area (Å²) in [4.78, 5) is 40.8. The average molecular weight is 327 g/mol. The quantitative estimate of drug-likeness (QED) is 0.645. The number of amides is 3. The number of Topliss-reactive ketones (excluding diaryl/α,β-unsaturated/α-hetero) is 1. The van der Waals surface area contributed by atoms with Gasteiger partial charge < -0.3 is 15.0 Å². The molecule has 2 aromatic rings. The van der Waals surface area contributed by atoms with E-state index in [1.807, 2.05) is 0 Å². The zero-order valence-corrected chi connectivity index (χ0v) is 13.3. The second-order valence-corrected chi connectivity index (χ2v) is 5.68. The molecule has 0 spiro atoms. The number of nitrogens with one attached hydrogen (secondary N) is 2. The van der Waals surface area contributed by atoms with Crippen molar-refractivity contribution in [3.63, 3.8) is 0 Å². The Morgan fingerprint density at radius 1 is 1.21 bits per heavy atom. The highest BCUT2D eigenvalue weighted by Crippen LogP contribution is 2.30. The van der Waals surface area contributed by atoms with Crippen LogP contribution in [0.15, 0.2) is 42.6 Å². The van der Waals surface area contributed by atoms with Gasteiger partial charge in [-0.25, -0.2) is 4.79 Å². The van der Waals surface area contributed by atoms with Crippen LogP contribution in [0.3, 0.4) is 0 Å². The summed E-state index contributed by atoms with van der Waals surface area (Å²) < 4.78 is 5.10. The fourth-order valence-electron chi connectivity index (χ4n) is 2.69. The van der Waals surface area contributed by atoms with E-state index >= 15 is 0 Å². The lowest BCUT2D eigenvalue weighted by Crippen LogP contribution is -2.41. The Hall–Kier alpha value is -3.09. The van der Waals surface area contributed by atoms with Gasteiger partial charge in [-0.05, 0) is 36.8 Å². The number of carbonyl (C=O) groups is 3. The van der Waals surface area contributed by atoms with Crippen molar-refractivity contribution in [3.8, 4) is 5.75 Å². The number of aromatic nitrogens is 1. The molecule has 2 heterocycles. The van der Waals surface area contributed by atoms with Crippen LogP contribution in [0.4, 0.5) is 4.79 Å². The molecule has 0 radical (unpaired) electrons. The SMILES string of the molecule is COc1ccc([C@@]2(C)NC(=O)N(CC(=O)c3ccc[nH]3)C2=O)cc1. The third-order valence-corrected chi connectivity index (χ3v) is 4.14. The number of carbonyl (C=O) groups excluding carboxylic acids is 3. The molecule has 0 unspecified atom stereocenters. The number of ketones is 1. The van der Waals surface area contributed by atoms with Gasteiger partial charge in [0.25, 0.3) is 5.91 Å². The molecule has 1 aliphatic heterocycles. The first-order valence-corrected chi connectivity index (χ1v) is 7.41. The van der Waals surface area contributed by atoms with Crippen LogP contribution in [0.2, 0.25) is 0 Å². The van der Waals surface area contributed by atoms with Gasteiger partial charge in [0, 0.05) is 6.20 Å². The topological polar surface area (TPSA) is 91.5 Å². The van der Waals surface area contributed by atoms with E-state index in [-0.39, 0.29) is 12.3 Å². The smallest absolute Gasteiger partial charge is 0.325 e. The molecule has 0 aliphatic carbocycles. The van der Waals surface area contributed by atoms with Gasteiger partial charge >= 0.3 is 6.03 Å². The Morgan fingerprint density at radius 2 is 1.92 bits per heavy atom. The predicted octanol–water partition coefficient (Wildman–Crippen LogP) is 1.67. The van der Waals surface area contributed by atoms with Crippen molar-refractivity contribution in [2.45, 2.75) is 12.5 Å². The van der Waals surface area contributed by atoms with Gasteiger partial charge in [-0.3, -0.25) is 14.5 Å². The molecule has 2 N–H and O–H groups in total. The number of hydrogen-bond donors (Lipinski definition) is 2. The van der Waals surface area contributed by atoms with Gasteiger partial charge in [0.05, 0.1) is 19.3 Å². The molecule has 7 heteroatoms. The van der Waals surface area contributed by atoms with E-state index in [4.69, 9.17) is 4.74 Å². The van der Waals surface area contributed by atoms with Gasteiger partial charge in [-0.15, -0.1) is 0 Å². The molecule has 7 nitrogen and oxygen atoms in total. The summed E-state index contributed by atoms with van der Waals surface area (Å²) >= 11 is 0.